The monoisotopic (exact) mass is 359 g/mol. The Kier molecular flexibility index (Phi) is 4.08. The molecular formula is C21H17N3O3. The Bertz CT molecular complexity index is 1150. The van der Waals surface area contributed by atoms with E-state index in [1.165, 1.54) is 0 Å². The number of hydrogen-bond acceptors (Lipinski definition) is 4. The smallest absolute Gasteiger partial charge is 0.336 e. The van der Waals surface area contributed by atoms with E-state index >= 15 is 0 Å². The van der Waals surface area contributed by atoms with Crippen LogP contribution in [0.5, 0.6) is 5.75 Å². The molecular weight excluding hydrogens is 342 g/mol. The summed E-state index contributed by atoms with van der Waals surface area (Å²) in [5, 5.41) is 17.5. The largest absolute Gasteiger partial charge is 0.497 e. The SMILES string of the molecule is COc1ccc(-c2[nH]nc3nc(-c4ccccc4C)cc(C(=O)O)c23)cc1. The summed E-state index contributed by atoms with van der Waals surface area (Å²) in [6, 6.07) is 16.7. The summed E-state index contributed by atoms with van der Waals surface area (Å²) in [5.74, 6) is -0.297. The zero-order valence-corrected chi connectivity index (χ0v) is 14.9. The van der Waals surface area contributed by atoms with Gasteiger partial charge in [0, 0.05) is 11.1 Å². The number of fused-ring (bicyclic) bond motifs is 1. The molecule has 6 nitrogen and oxygen atoms in total. The number of carbonyl (C=O) groups is 1. The van der Waals surface area contributed by atoms with Crippen molar-refractivity contribution in [2.45, 2.75) is 6.92 Å². The lowest BCUT2D eigenvalue weighted by Gasteiger charge is -2.08. The van der Waals surface area contributed by atoms with Gasteiger partial charge in [0.15, 0.2) is 5.65 Å². The van der Waals surface area contributed by atoms with Crippen LogP contribution in [0.4, 0.5) is 0 Å². The van der Waals surface area contributed by atoms with Crippen molar-refractivity contribution in [3.63, 3.8) is 0 Å². The van der Waals surface area contributed by atoms with Gasteiger partial charge < -0.3 is 9.84 Å². The molecule has 0 atom stereocenters. The number of aromatic amines is 1. The minimum absolute atomic E-state index is 0.165. The molecule has 2 aromatic heterocycles. The maximum absolute atomic E-state index is 12.0. The summed E-state index contributed by atoms with van der Waals surface area (Å²) in [7, 11) is 1.60. The molecule has 6 heteroatoms. The minimum Gasteiger partial charge on any atom is -0.497 e. The maximum atomic E-state index is 12.0. The van der Waals surface area contributed by atoms with Gasteiger partial charge in [-0.15, -0.1) is 0 Å². The van der Waals surface area contributed by atoms with Crippen LogP contribution in [-0.2, 0) is 0 Å². The van der Waals surface area contributed by atoms with Crippen molar-refractivity contribution in [2.75, 3.05) is 7.11 Å². The first-order chi connectivity index (χ1) is 13.1. The highest BCUT2D eigenvalue weighted by Gasteiger charge is 2.20. The average molecular weight is 359 g/mol. The third-order valence-electron chi connectivity index (χ3n) is 4.55. The van der Waals surface area contributed by atoms with E-state index in [4.69, 9.17) is 4.74 Å². The van der Waals surface area contributed by atoms with Crippen molar-refractivity contribution >= 4 is 17.0 Å². The van der Waals surface area contributed by atoms with Gasteiger partial charge in [0.05, 0.1) is 29.4 Å². The van der Waals surface area contributed by atoms with Gasteiger partial charge in [-0.3, -0.25) is 5.10 Å². The van der Waals surface area contributed by atoms with Gasteiger partial charge in [0.1, 0.15) is 5.75 Å². The molecule has 134 valence electrons. The van der Waals surface area contributed by atoms with E-state index in [0.29, 0.717) is 22.4 Å². The second kappa shape index (κ2) is 6.57. The van der Waals surface area contributed by atoms with Crippen LogP contribution < -0.4 is 4.74 Å². The number of benzene rings is 2. The van der Waals surface area contributed by atoms with Crippen LogP contribution in [0.25, 0.3) is 33.5 Å². The first-order valence-corrected chi connectivity index (χ1v) is 8.41. The van der Waals surface area contributed by atoms with Crippen LogP contribution in [0.15, 0.2) is 54.6 Å². The standard InChI is InChI=1S/C21H17N3O3/c1-12-5-3-4-6-15(12)17-11-16(21(25)26)18-19(23-24-20(18)22-17)13-7-9-14(27-2)10-8-13/h3-11H,1-2H3,(H,25,26)(H,22,23,24). The van der Waals surface area contributed by atoms with E-state index in [2.05, 4.69) is 15.2 Å². The topological polar surface area (TPSA) is 88.1 Å². The molecule has 0 amide bonds. The van der Waals surface area contributed by atoms with Crippen LogP contribution in [-0.4, -0.2) is 33.4 Å². The minimum atomic E-state index is -1.02. The van der Waals surface area contributed by atoms with Crippen molar-refractivity contribution < 1.29 is 14.6 Å². The highest BCUT2D eigenvalue weighted by molar-refractivity contribution is 6.08. The fourth-order valence-corrected chi connectivity index (χ4v) is 3.16. The third-order valence-corrected chi connectivity index (χ3v) is 4.55. The summed E-state index contributed by atoms with van der Waals surface area (Å²) >= 11 is 0. The Morgan fingerprint density at radius 3 is 2.52 bits per heavy atom. The van der Waals surface area contributed by atoms with Gasteiger partial charge in [-0.2, -0.15) is 5.10 Å². The highest BCUT2D eigenvalue weighted by atomic mass is 16.5. The van der Waals surface area contributed by atoms with E-state index in [1.807, 2.05) is 55.5 Å². The molecule has 4 rings (SSSR count). The number of methoxy groups -OCH3 is 1. The molecule has 0 spiro atoms. The highest BCUT2D eigenvalue weighted by Crippen LogP contribution is 2.32. The number of pyridine rings is 1. The molecule has 4 aromatic rings. The molecule has 2 N–H and O–H groups in total. The van der Waals surface area contributed by atoms with E-state index in [-0.39, 0.29) is 5.56 Å². The second-order valence-electron chi connectivity index (χ2n) is 6.20. The average Bonchev–Trinajstić information content (AvgIpc) is 3.11. The first kappa shape index (κ1) is 16.8. The molecule has 0 aliphatic carbocycles. The molecule has 0 aliphatic heterocycles. The van der Waals surface area contributed by atoms with Crippen molar-refractivity contribution in [1.82, 2.24) is 15.2 Å². The Morgan fingerprint density at radius 2 is 1.85 bits per heavy atom. The molecule has 0 saturated heterocycles. The lowest BCUT2D eigenvalue weighted by molar-refractivity contribution is 0.0699. The summed E-state index contributed by atoms with van der Waals surface area (Å²) in [6.07, 6.45) is 0. The van der Waals surface area contributed by atoms with Gasteiger partial charge in [0.25, 0.3) is 0 Å². The zero-order valence-electron chi connectivity index (χ0n) is 14.9. The van der Waals surface area contributed by atoms with Crippen molar-refractivity contribution in [3.8, 4) is 28.3 Å². The van der Waals surface area contributed by atoms with Gasteiger partial charge in [-0.25, -0.2) is 9.78 Å². The lowest BCUT2D eigenvalue weighted by Crippen LogP contribution is -2.00. The number of H-pyrrole nitrogens is 1. The number of aromatic carboxylic acids is 1. The molecule has 27 heavy (non-hydrogen) atoms. The van der Waals surface area contributed by atoms with E-state index in [0.717, 1.165) is 22.4 Å². The molecule has 0 bridgehead atoms. The summed E-state index contributed by atoms with van der Waals surface area (Å²) in [4.78, 5) is 16.6. The summed E-state index contributed by atoms with van der Waals surface area (Å²) in [6.45, 7) is 1.97. The number of nitrogens with one attached hydrogen (secondary N) is 1. The number of aryl methyl sites for hydroxylation is 1. The van der Waals surface area contributed by atoms with Crippen molar-refractivity contribution in [2.24, 2.45) is 0 Å². The molecule has 0 fully saturated rings. The number of carboxylic acid groups (broad SMARTS) is 1. The number of carboxylic acids is 1. The van der Waals surface area contributed by atoms with Crippen LogP contribution >= 0.6 is 0 Å². The van der Waals surface area contributed by atoms with Crippen molar-refractivity contribution in [3.05, 3.63) is 65.7 Å². The number of aromatic nitrogens is 3. The van der Waals surface area contributed by atoms with Crippen molar-refractivity contribution in [1.29, 1.82) is 0 Å². The molecule has 2 aromatic carbocycles. The summed E-state index contributed by atoms with van der Waals surface area (Å²) < 4.78 is 5.18. The van der Waals surface area contributed by atoms with Crippen LogP contribution in [0.1, 0.15) is 15.9 Å². The van der Waals surface area contributed by atoms with Crippen LogP contribution in [0.2, 0.25) is 0 Å². The maximum Gasteiger partial charge on any atom is 0.336 e. The lowest BCUT2D eigenvalue weighted by atomic mass is 10.0. The Hall–Kier alpha value is -3.67. The molecule has 2 heterocycles. The van der Waals surface area contributed by atoms with E-state index in [9.17, 15) is 9.90 Å². The number of hydrogen-bond donors (Lipinski definition) is 2. The summed E-state index contributed by atoms with van der Waals surface area (Å²) in [5.41, 5.74) is 4.46. The van der Waals surface area contributed by atoms with Crippen LogP contribution in [0.3, 0.4) is 0 Å². The first-order valence-electron chi connectivity index (χ1n) is 8.41. The van der Waals surface area contributed by atoms with Gasteiger partial charge in [-0.1, -0.05) is 24.3 Å². The fourth-order valence-electron chi connectivity index (χ4n) is 3.16. The normalized spacial score (nSPS) is 10.9. The van der Waals surface area contributed by atoms with Gasteiger partial charge in [0.2, 0.25) is 0 Å². The zero-order chi connectivity index (χ0) is 19.0. The number of rotatable bonds is 4. The van der Waals surface area contributed by atoms with E-state index in [1.54, 1.807) is 13.2 Å². The third kappa shape index (κ3) is 2.91. The number of nitrogens with zero attached hydrogens (tertiary/aromatic N) is 2. The predicted molar refractivity (Wildman–Crippen MR) is 103 cm³/mol. The fraction of sp³-hybridized carbons (Fsp3) is 0.0952. The Labute approximate surface area is 155 Å². The Morgan fingerprint density at radius 1 is 1.11 bits per heavy atom. The molecule has 0 radical (unpaired) electrons. The van der Waals surface area contributed by atoms with E-state index < -0.39 is 5.97 Å². The molecule has 0 aliphatic rings. The van der Waals surface area contributed by atoms with Crippen LogP contribution in [0, 0.1) is 6.92 Å². The Balaban J connectivity index is 1.94. The quantitative estimate of drug-likeness (QED) is 0.567. The molecule has 0 unspecified atom stereocenters. The molecule has 0 saturated carbocycles. The van der Waals surface area contributed by atoms with Gasteiger partial charge in [-0.05, 0) is 42.8 Å². The predicted octanol–water partition coefficient (Wildman–Crippen LogP) is 4.31. The second-order valence-corrected chi connectivity index (χ2v) is 6.20. The number of ether oxygens (including phenoxy) is 1. The van der Waals surface area contributed by atoms with Gasteiger partial charge >= 0.3 is 5.97 Å².